The topological polar surface area (TPSA) is 153 Å². The van der Waals surface area contributed by atoms with Gasteiger partial charge >= 0.3 is 6.01 Å². The first-order chi connectivity index (χ1) is 20.6. The summed E-state index contributed by atoms with van der Waals surface area (Å²) in [5.74, 6) is -0.113. The van der Waals surface area contributed by atoms with Crippen LogP contribution in [0.25, 0.3) is 17.1 Å². The molecule has 1 saturated heterocycles. The summed E-state index contributed by atoms with van der Waals surface area (Å²) >= 11 is 0. The van der Waals surface area contributed by atoms with Crippen molar-refractivity contribution in [3.05, 3.63) is 71.8 Å². The van der Waals surface area contributed by atoms with Crippen molar-refractivity contribution in [2.45, 2.75) is 46.1 Å². The Kier molecular flexibility index (Phi) is 8.63. The number of phenols is 2. The van der Waals surface area contributed by atoms with Crippen LogP contribution < -0.4 is 10.6 Å². The molecule has 4 aromatic rings. The van der Waals surface area contributed by atoms with E-state index in [1.165, 1.54) is 17.6 Å². The van der Waals surface area contributed by atoms with Crippen molar-refractivity contribution < 1.29 is 24.9 Å². The second-order valence-corrected chi connectivity index (χ2v) is 11.2. The van der Waals surface area contributed by atoms with Gasteiger partial charge in [0.2, 0.25) is 11.8 Å². The van der Waals surface area contributed by atoms with Gasteiger partial charge in [0.1, 0.15) is 11.5 Å². The van der Waals surface area contributed by atoms with Gasteiger partial charge in [-0.1, -0.05) is 31.1 Å². The van der Waals surface area contributed by atoms with Crippen LogP contribution in [0.1, 0.15) is 50.7 Å². The van der Waals surface area contributed by atoms with Crippen molar-refractivity contribution in [1.82, 2.24) is 19.7 Å². The fourth-order valence-corrected chi connectivity index (χ4v) is 5.37. The van der Waals surface area contributed by atoms with Gasteiger partial charge in [-0.05, 0) is 85.4 Å². The lowest BCUT2D eigenvalue weighted by Crippen LogP contribution is -2.37. The molecule has 1 aromatic heterocycles. The zero-order valence-electron chi connectivity index (χ0n) is 24.4. The van der Waals surface area contributed by atoms with Crippen LogP contribution in [0.5, 0.6) is 17.5 Å². The third-order valence-electron chi connectivity index (χ3n) is 7.69. The smallest absolute Gasteiger partial charge is 0.319 e. The summed E-state index contributed by atoms with van der Waals surface area (Å²) in [6.07, 6.45) is 1.50. The van der Waals surface area contributed by atoms with Gasteiger partial charge in [-0.2, -0.15) is 0 Å². The summed E-state index contributed by atoms with van der Waals surface area (Å²) in [5.41, 5.74) is 4.09. The van der Waals surface area contributed by atoms with E-state index >= 15 is 0 Å². The van der Waals surface area contributed by atoms with Gasteiger partial charge in [0.05, 0.1) is 11.3 Å². The highest BCUT2D eigenvalue weighted by molar-refractivity contribution is 5.93. The minimum atomic E-state index is -0.314. The van der Waals surface area contributed by atoms with Gasteiger partial charge in [0.25, 0.3) is 0 Å². The molecule has 11 heteroatoms. The Morgan fingerprint density at radius 2 is 1.51 bits per heavy atom. The molecule has 5 rings (SSSR count). The van der Waals surface area contributed by atoms with Crippen LogP contribution in [0.2, 0.25) is 0 Å². The van der Waals surface area contributed by atoms with Crippen molar-refractivity contribution in [3.8, 4) is 34.6 Å². The van der Waals surface area contributed by atoms with Gasteiger partial charge in [-0.15, -0.1) is 5.10 Å². The Morgan fingerprint density at radius 1 is 0.884 bits per heavy atom. The number of carbonyl (C=O) groups excluding carboxylic acids is 2. The maximum Gasteiger partial charge on any atom is 0.319 e. The van der Waals surface area contributed by atoms with E-state index in [9.17, 15) is 24.9 Å². The van der Waals surface area contributed by atoms with E-state index in [2.05, 4.69) is 25.7 Å². The number of hydrogen-bond acceptors (Lipinski definition) is 8. The van der Waals surface area contributed by atoms with Crippen LogP contribution in [0.4, 0.5) is 11.4 Å². The number of benzene rings is 3. The molecule has 0 spiro atoms. The average molecular weight is 585 g/mol. The monoisotopic (exact) mass is 584 g/mol. The van der Waals surface area contributed by atoms with E-state index in [1.807, 2.05) is 38.1 Å². The lowest BCUT2D eigenvalue weighted by atomic mass is 9.95. The highest BCUT2D eigenvalue weighted by atomic mass is 16.3. The fraction of sp³-hybridized carbons (Fsp3) is 0.312. The molecule has 43 heavy (non-hydrogen) atoms. The normalized spacial score (nSPS) is 14.1. The van der Waals surface area contributed by atoms with E-state index < -0.39 is 0 Å². The third kappa shape index (κ3) is 6.78. The van der Waals surface area contributed by atoms with Crippen LogP contribution in [-0.2, 0) is 16.1 Å². The van der Waals surface area contributed by atoms with E-state index in [0.29, 0.717) is 28.2 Å². The molecule has 3 aromatic carbocycles. The molecule has 0 saturated carbocycles. The molecule has 2 heterocycles. The third-order valence-corrected chi connectivity index (χ3v) is 7.69. The number of amides is 2. The molecule has 2 amide bonds. The maximum atomic E-state index is 12.8. The average Bonchev–Trinajstić information content (AvgIpc) is 3.35. The molecule has 0 unspecified atom stereocenters. The largest absolute Gasteiger partial charge is 0.508 e. The van der Waals surface area contributed by atoms with Crippen LogP contribution in [0.3, 0.4) is 0 Å². The first-order valence-corrected chi connectivity index (χ1v) is 14.3. The van der Waals surface area contributed by atoms with E-state index in [4.69, 9.17) is 0 Å². The lowest BCUT2D eigenvalue weighted by Gasteiger charge is -2.31. The number of aromatic nitrogens is 3. The highest BCUT2D eigenvalue weighted by Gasteiger charge is 2.25. The Hall–Kier alpha value is -4.90. The molecular formula is C32H36N6O5. The van der Waals surface area contributed by atoms with Crippen LogP contribution in [0.15, 0.2) is 60.7 Å². The van der Waals surface area contributed by atoms with Crippen molar-refractivity contribution in [2.24, 2.45) is 5.92 Å². The number of nitrogens with one attached hydrogen (secondary N) is 2. The standard InChI is InChI=1S/C32H36N6O5/c1-19(2)26-16-27(29(41)17-28(26)40)30-35-36-32(43)38(30)25-10-4-21(5-11-25)18-37-14-12-22(13-15-37)31(42)34-24-8-6-23(7-9-24)33-20(3)39/h4-11,16-17,19,22,40-41H,12-15,18H2,1-3H3,(H,33,39)(H,34,42)(H,36,43). The predicted octanol–water partition coefficient (Wildman–Crippen LogP) is 4.98. The minimum Gasteiger partial charge on any atom is -0.508 e. The summed E-state index contributed by atoms with van der Waals surface area (Å²) in [4.78, 5) is 26.3. The lowest BCUT2D eigenvalue weighted by molar-refractivity contribution is -0.121. The predicted molar refractivity (Wildman–Crippen MR) is 163 cm³/mol. The Balaban J connectivity index is 1.20. The number of nitrogens with zero attached hydrogens (tertiary/aromatic N) is 4. The Morgan fingerprint density at radius 3 is 2.12 bits per heavy atom. The van der Waals surface area contributed by atoms with Gasteiger partial charge in [0, 0.05) is 36.8 Å². The summed E-state index contributed by atoms with van der Waals surface area (Å²) in [5, 5.41) is 44.9. The van der Waals surface area contributed by atoms with Gasteiger partial charge in [-0.25, -0.2) is 4.57 Å². The SMILES string of the molecule is CC(=O)Nc1ccc(NC(=O)C2CCN(Cc3ccc(-n4c(O)nnc4-c4cc(C(C)C)c(O)cc4O)cc3)CC2)cc1. The van der Waals surface area contributed by atoms with Crippen LogP contribution >= 0.6 is 0 Å². The number of phenolic OH excluding ortho intramolecular Hbond substituents is 2. The van der Waals surface area contributed by atoms with Crippen LogP contribution in [0, 0.1) is 5.92 Å². The fourth-order valence-electron chi connectivity index (χ4n) is 5.37. The van der Waals surface area contributed by atoms with Crippen molar-refractivity contribution in [3.63, 3.8) is 0 Å². The zero-order valence-corrected chi connectivity index (χ0v) is 24.4. The number of rotatable bonds is 8. The molecule has 1 aliphatic rings. The van der Waals surface area contributed by atoms with Gasteiger partial charge in [-0.3, -0.25) is 14.5 Å². The van der Waals surface area contributed by atoms with Crippen molar-refractivity contribution in [1.29, 1.82) is 0 Å². The number of hydrogen-bond donors (Lipinski definition) is 5. The molecule has 224 valence electrons. The maximum absolute atomic E-state index is 12.8. The zero-order chi connectivity index (χ0) is 30.7. The summed E-state index contributed by atoms with van der Waals surface area (Å²) < 4.78 is 1.46. The molecule has 0 radical (unpaired) electrons. The molecular weight excluding hydrogens is 548 g/mol. The second-order valence-electron chi connectivity index (χ2n) is 11.2. The van der Waals surface area contributed by atoms with Gasteiger partial charge < -0.3 is 26.0 Å². The minimum absolute atomic E-state index is 0.000939. The molecule has 11 nitrogen and oxygen atoms in total. The highest BCUT2D eigenvalue weighted by Crippen LogP contribution is 2.38. The molecule has 0 atom stereocenters. The van der Waals surface area contributed by atoms with Gasteiger partial charge in [0.15, 0.2) is 5.82 Å². The first-order valence-electron chi connectivity index (χ1n) is 14.3. The summed E-state index contributed by atoms with van der Waals surface area (Å²) in [7, 11) is 0. The number of piperidine rings is 1. The quantitative estimate of drug-likeness (QED) is 0.194. The first kappa shape index (κ1) is 29.6. The molecule has 1 aliphatic heterocycles. The van der Waals surface area contributed by atoms with E-state index in [1.54, 1.807) is 30.3 Å². The van der Waals surface area contributed by atoms with Crippen molar-refractivity contribution >= 4 is 23.2 Å². The number of aromatic hydroxyl groups is 3. The van der Waals surface area contributed by atoms with Crippen LogP contribution in [-0.4, -0.2) is 59.9 Å². The molecule has 1 fully saturated rings. The number of likely N-dealkylation sites (tertiary alicyclic amines) is 1. The summed E-state index contributed by atoms with van der Waals surface area (Å²) in [6, 6.07) is 17.4. The number of carbonyl (C=O) groups is 2. The summed E-state index contributed by atoms with van der Waals surface area (Å²) in [6.45, 7) is 7.62. The molecule has 0 aliphatic carbocycles. The molecule has 5 N–H and O–H groups in total. The molecule has 0 bridgehead atoms. The van der Waals surface area contributed by atoms with Crippen molar-refractivity contribution in [2.75, 3.05) is 23.7 Å². The number of anilines is 2. The Labute approximate surface area is 249 Å². The van der Waals surface area contributed by atoms with E-state index in [-0.39, 0.29) is 47.0 Å². The second kappa shape index (κ2) is 12.5. The van der Waals surface area contributed by atoms with E-state index in [0.717, 1.165) is 38.0 Å². The Bertz CT molecular complexity index is 1610.